The molecule has 1 fully saturated rings. The molecule has 5 rings (SSSR count). The van der Waals surface area contributed by atoms with Crippen molar-refractivity contribution < 1.29 is 54.2 Å². The summed E-state index contributed by atoms with van der Waals surface area (Å²) in [7, 11) is -3.96. The normalized spacial score (nSPS) is 20.4. The van der Waals surface area contributed by atoms with Gasteiger partial charge in [0.2, 0.25) is 15.0 Å². The van der Waals surface area contributed by atoms with Crippen molar-refractivity contribution >= 4 is 33.2 Å². The van der Waals surface area contributed by atoms with E-state index in [2.05, 4.69) is 15.0 Å². The number of cyclic esters (lactones) is 1. The molecule has 3 atom stereocenters. The highest BCUT2D eigenvalue weighted by Gasteiger charge is 2.48. The van der Waals surface area contributed by atoms with Gasteiger partial charge in [-0.15, -0.1) is 11.3 Å². The number of aromatic nitrogens is 3. The summed E-state index contributed by atoms with van der Waals surface area (Å²) in [6, 6.07) is 3.43. The molecule has 0 radical (unpaired) electrons. The van der Waals surface area contributed by atoms with E-state index < -0.39 is 81.6 Å². The first-order valence-electron chi connectivity index (χ1n) is 14.1. The molecule has 256 valence electrons. The molecule has 0 spiro atoms. The molecule has 1 saturated heterocycles. The summed E-state index contributed by atoms with van der Waals surface area (Å²) in [5, 5.41) is 9.22. The van der Waals surface area contributed by atoms with Crippen LogP contribution < -0.4 is 0 Å². The van der Waals surface area contributed by atoms with Crippen LogP contribution in [0.4, 0.5) is 31.1 Å². The highest BCUT2D eigenvalue weighted by atomic mass is 32.2. The van der Waals surface area contributed by atoms with E-state index in [1.807, 2.05) is 0 Å². The van der Waals surface area contributed by atoms with Gasteiger partial charge in [0.25, 0.3) is 0 Å². The van der Waals surface area contributed by atoms with E-state index in [0.717, 1.165) is 22.5 Å². The Balaban J connectivity index is 1.52. The Bertz CT molecular complexity index is 1990. The van der Waals surface area contributed by atoms with Crippen LogP contribution >= 0.6 is 11.3 Å². The number of amides is 1. The Kier molecular flexibility index (Phi) is 8.96. The van der Waals surface area contributed by atoms with Crippen molar-refractivity contribution in [2.75, 3.05) is 6.26 Å². The molecule has 0 bridgehead atoms. The average Bonchev–Trinajstić information content (AvgIpc) is 3.49. The van der Waals surface area contributed by atoms with Gasteiger partial charge in [-0.25, -0.2) is 33.0 Å². The van der Waals surface area contributed by atoms with Crippen LogP contribution in [0.3, 0.4) is 0 Å². The van der Waals surface area contributed by atoms with Crippen LogP contribution in [0.1, 0.15) is 40.7 Å². The standard InChI is InChI=1S/C30H26F6N4O6S2/c1-13-7-16(26(41)42)5-6-20(13)25-38-14(2)24(47-25)21-11-37-27(48(4,44)45)39-22(21)12-40-15(3)23(46-28(40)43)17-8-18(29(31,32)33)10-19(9-17)30(34,35)36/h5-8,10-11,15,17,23H,9,12H2,1-4H3,(H,41,42). The summed E-state index contributed by atoms with van der Waals surface area (Å²) in [6.07, 6.45) is -10.7. The first-order chi connectivity index (χ1) is 22.1. The molecule has 2 aliphatic rings. The van der Waals surface area contributed by atoms with Gasteiger partial charge < -0.3 is 9.84 Å². The van der Waals surface area contributed by atoms with Crippen LogP contribution in [0.25, 0.3) is 21.0 Å². The Morgan fingerprint density at radius 3 is 2.38 bits per heavy atom. The summed E-state index contributed by atoms with van der Waals surface area (Å²) in [4.78, 5) is 38.8. The number of halogens is 6. The summed E-state index contributed by atoms with van der Waals surface area (Å²) >= 11 is 1.16. The maximum absolute atomic E-state index is 13.6. The van der Waals surface area contributed by atoms with Gasteiger partial charge >= 0.3 is 24.4 Å². The quantitative estimate of drug-likeness (QED) is 0.209. The van der Waals surface area contributed by atoms with Crippen LogP contribution in [0, 0.1) is 19.8 Å². The lowest BCUT2D eigenvalue weighted by Crippen LogP contribution is -2.38. The number of sulfone groups is 1. The number of carboxylic acids is 1. The average molecular weight is 717 g/mol. The van der Waals surface area contributed by atoms with Crippen LogP contribution in [0.2, 0.25) is 0 Å². The van der Waals surface area contributed by atoms with Crippen molar-refractivity contribution in [1.82, 2.24) is 19.9 Å². The van der Waals surface area contributed by atoms with E-state index >= 15 is 0 Å². The zero-order chi connectivity index (χ0) is 35.5. The Morgan fingerprint density at radius 1 is 1.10 bits per heavy atom. The van der Waals surface area contributed by atoms with Crippen molar-refractivity contribution in [3.05, 3.63) is 70.2 Å². The number of nitrogens with zero attached hydrogens (tertiary/aromatic N) is 4. The highest BCUT2D eigenvalue weighted by molar-refractivity contribution is 7.90. The number of allylic oxidation sites excluding steroid dienone is 3. The second-order valence-corrected chi connectivity index (χ2v) is 14.3. The van der Waals surface area contributed by atoms with Gasteiger partial charge in [-0.1, -0.05) is 12.1 Å². The second kappa shape index (κ2) is 12.3. The third kappa shape index (κ3) is 6.94. The minimum atomic E-state index is -5.08. The minimum absolute atomic E-state index is 0.0113. The number of hydrogen-bond acceptors (Lipinski definition) is 9. The van der Waals surface area contributed by atoms with Crippen LogP contribution in [-0.4, -0.2) is 76.2 Å². The number of carbonyl (C=O) groups is 2. The highest BCUT2D eigenvalue weighted by Crippen LogP contribution is 2.44. The molecule has 1 aliphatic carbocycles. The SMILES string of the molecule is Cc1cc(C(=O)O)ccc1-c1nc(C)c(-c2cnc(S(C)(=O)=O)nc2CN2C(=O)OC(C3C=C(C(F)(F)F)C=C(C(F)(F)F)C3)C2C)s1. The minimum Gasteiger partial charge on any atom is -0.478 e. The summed E-state index contributed by atoms with van der Waals surface area (Å²) in [5.74, 6) is -2.58. The maximum atomic E-state index is 13.6. The number of carboxylic acid groups (broad SMARTS) is 1. The number of aryl methyl sites for hydroxylation is 2. The number of thiazole rings is 1. The lowest BCUT2D eigenvalue weighted by atomic mass is 9.83. The molecule has 1 amide bonds. The molecule has 10 nitrogen and oxygen atoms in total. The molecule has 3 heterocycles. The van der Waals surface area contributed by atoms with Crippen molar-refractivity contribution in [2.45, 2.75) is 63.4 Å². The lowest BCUT2D eigenvalue weighted by Gasteiger charge is -2.30. The van der Waals surface area contributed by atoms with Crippen molar-refractivity contribution in [3.8, 4) is 21.0 Å². The molecule has 0 saturated carbocycles. The number of ether oxygens (including phenoxy) is 1. The van der Waals surface area contributed by atoms with Crippen LogP contribution in [0.5, 0.6) is 0 Å². The molecular formula is C30H26F6N4O6S2. The van der Waals surface area contributed by atoms with Gasteiger partial charge in [0.1, 0.15) is 11.1 Å². The lowest BCUT2D eigenvalue weighted by molar-refractivity contribution is -0.101. The largest absolute Gasteiger partial charge is 0.478 e. The van der Waals surface area contributed by atoms with Gasteiger partial charge in [0, 0.05) is 35.1 Å². The van der Waals surface area contributed by atoms with E-state index in [0.29, 0.717) is 32.8 Å². The summed E-state index contributed by atoms with van der Waals surface area (Å²) < 4.78 is 112. The molecule has 18 heteroatoms. The number of alkyl halides is 6. The first kappa shape index (κ1) is 35.0. The van der Waals surface area contributed by atoms with E-state index in [1.165, 1.54) is 25.3 Å². The fraction of sp³-hybridized carbons (Fsp3) is 0.367. The molecule has 1 aliphatic heterocycles. The number of hydrogen-bond donors (Lipinski definition) is 1. The summed E-state index contributed by atoms with van der Waals surface area (Å²) in [5.41, 5.74) is -0.860. The number of rotatable bonds is 7. The fourth-order valence-electron chi connectivity index (χ4n) is 5.55. The van der Waals surface area contributed by atoms with E-state index in [4.69, 9.17) is 4.74 Å². The van der Waals surface area contributed by atoms with E-state index in [-0.39, 0.29) is 22.9 Å². The topological polar surface area (TPSA) is 140 Å². The first-order valence-corrected chi connectivity index (χ1v) is 16.8. The number of benzene rings is 1. The van der Waals surface area contributed by atoms with Crippen LogP contribution in [-0.2, 0) is 21.1 Å². The Hall–Kier alpha value is -4.32. The Labute approximate surface area is 273 Å². The predicted molar refractivity (Wildman–Crippen MR) is 160 cm³/mol. The molecule has 1 aromatic carbocycles. The second-order valence-electron chi connectivity index (χ2n) is 11.4. The molecule has 48 heavy (non-hydrogen) atoms. The van der Waals surface area contributed by atoms with E-state index in [1.54, 1.807) is 19.9 Å². The van der Waals surface area contributed by atoms with Crippen molar-refractivity contribution in [1.29, 1.82) is 0 Å². The molecule has 3 aromatic rings. The van der Waals surface area contributed by atoms with Crippen LogP contribution in [0.15, 0.2) is 52.9 Å². The zero-order valence-corrected chi connectivity index (χ0v) is 27.1. The third-order valence-corrected chi connectivity index (χ3v) is 10.1. The van der Waals surface area contributed by atoms with E-state index in [9.17, 15) is 49.5 Å². The molecule has 3 unspecified atom stereocenters. The number of aromatic carboxylic acids is 1. The molecule has 1 N–H and O–H groups in total. The van der Waals surface area contributed by atoms with Gasteiger partial charge in [-0.2, -0.15) is 26.3 Å². The van der Waals surface area contributed by atoms with Gasteiger partial charge in [0.15, 0.2) is 0 Å². The maximum Gasteiger partial charge on any atom is 0.416 e. The zero-order valence-electron chi connectivity index (χ0n) is 25.5. The van der Waals surface area contributed by atoms with Crippen molar-refractivity contribution in [3.63, 3.8) is 0 Å². The third-order valence-electron chi connectivity index (χ3n) is 7.97. The number of carbonyl (C=O) groups excluding carboxylic acids is 1. The smallest absolute Gasteiger partial charge is 0.416 e. The van der Waals surface area contributed by atoms with Gasteiger partial charge in [0.05, 0.1) is 40.0 Å². The summed E-state index contributed by atoms with van der Waals surface area (Å²) in [6.45, 7) is 4.34. The predicted octanol–water partition coefficient (Wildman–Crippen LogP) is 6.69. The molecular weight excluding hydrogens is 690 g/mol. The van der Waals surface area contributed by atoms with Gasteiger partial charge in [-0.05, 0) is 51.0 Å². The monoisotopic (exact) mass is 716 g/mol. The Morgan fingerprint density at radius 2 is 1.79 bits per heavy atom. The van der Waals surface area contributed by atoms with Crippen molar-refractivity contribution in [2.24, 2.45) is 5.92 Å². The van der Waals surface area contributed by atoms with Gasteiger partial charge in [-0.3, -0.25) is 4.90 Å². The fourth-order valence-corrected chi connectivity index (χ4v) is 7.26. The molecule has 2 aromatic heterocycles.